The lowest BCUT2D eigenvalue weighted by Gasteiger charge is -2.61. The van der Waals surface area contributed by atoms with Gasteiger partial charge in [0, 0.05) is 5.41 Å². The van der Waals surface area contributed by atoms with Crippen molar-refractivity contribution in [3.63, 3.8) is 0 Å². The molecule has 2 N–H and O–H groups in total. The summed E-state index contributed by atoms with van der Waals surface area (Å²) in [6.45, 7) is 4.81. The molecule has 132 valence electrons. The Labute approximate surface area is 145 Å². The molecule has 4 rings (SSSR count). The van der Waals surface area contributed by atoms with Crippen LogP contribution in [0.3, 0.4) is 0 Å². The quantitative estimate of drug-likeness (QED) is 0.397. The van der Waals surface area contributed by atoms with Gasteiger partial charge < -0.3 is 10.3 Å². The summed E-state index contributed by atoms with van der Waals surface area (Å²) >= 11 is 0. The fourth-order valence-corrected chi connectivity index (χ4v) is 7.33. The Balaban J connectivity index is 1.62. The van der Waals surface area contributed by atoms with E-state index in [2.05, 4.69) is 24.9 Å². The molecular formula is C21H31NO2. The van der Waals surface area contributed by atoms with E-state index in [1.165, 1.54) is 25.7 Å². The summed E-state index contributed by atoms with van der Waals surface area (Å²) in [5.74, 6) is 5.40. The van der Waals surface area contributed by atoms with E-state index in [-0.39, 0.29) is 5.41 Å². The van der Waals surface area contributed by atoms with Gasteiger partial charge in [-0.15, -0.1) is 6.42 Å². The van der Waals surface area contributed by atoms with Crippen LogP contribution in [0.2, 0.25) is 0 Å². The van der Waals surface area contributed by atoms with Gasteiger partial charge in [-0.2, -0.15) is 0 Å². The molecule has 24 heavy (non-hydrogen) atoms. The number of oxime groups is 1. The van der Waals surface area contributed by atoms with Crippen LogP contribution in [0.1, 0.15) is 71.6 Å². The van der Waals surface area contributed by atoms with Crippen LogP contribution in [0.25, 0.3) is 0 Å². The van der Waals surface area contributed by atoms with Gasteiger partial charge in [0.2, 0.25) is 0 Å². The molecule has 4 aliphatic carbocycles. The zero-order valence-electron chi connectivity index (χ0n) is 15.1. The SMILES string of the molecule is C#CC1(O)CC[C@@]2(C)C(CC[C@@H]3[C@@H]2CC[C@]2(C)/C(=N/O)CC[C@@H]32)C1. The van der Waals surface area contributed by atoms with Crippen molar-refractivity contribution in [2.24, 2.45) is 39.7 Å². The van der Waals surface area contributed by atoms with E-state index >= 15 is 0 Å². The van der Waals surface area contributed by atoms with Crippen LogP contribution in [-0.4, -0.2) is 21.6 Å². The first-order valence-corrected chi connectivity index (χ1v) is 9.78. The number of terminal acetylenes is 1. The molecule has 0 amide bonds. The Morgan fingerprint density at radius 2 is 1.88 bits per heavy atom. The average Bonchev–Trinajstić information content (AvgIpc) is 2.92. The summed E-state index contributed by atoms with van der Waals surface area (Å²) in [7, 11) is 0. The standard InChI is InChI=1S/C21H31NO2/c1-4-21(23)12-11-19(2)14(13-21)5-6-15-16-7-8-18(22-24)20(16,3)10-9-17(15)19/h1,14-17,23-24H,5-13H2,2-3H3/b22-18+/t14?,15-,16-,17-,19-,20-,21?/m0/s1. The molecule has 7 atom stereocenters. The van der Waals surface area contributed by atoms with Crippen molar-refractivity contribution in [3.05, 3.63) is 0 Å². The number of hydrogen-bond donors (Lipinski definition) is 2. The fraction of sp³-hybridized carbons (Fsp3) is 0.857. The normalized spacial score (nSPS) is 55.3. The van der Waals surface area contributed by atoms with Crippen molar-refractivity contribution in [3.8, 4) is 12.3 Å². The van der Waals surface area contributed by atoms with Crippen LogP contribution in [0, 0.1) is 46.8 Å². The predicted molar refractivity (Wildman–Crippen MR) is 94.7 cm³/mol. The lowest BCUT2D eigenvalue weighted by molar-refractivity contribution is -0.127. The van der Waals surface area contributed by atoms with Crippen molar-refractivity contribution in [1.29, 1.82) is 0 Å². The Hall–Kier alpha value is -1.01. The van der Waals surface area contributed by atoms with Crippen LogP contribution >= 0.6 is 0 Å². The van der Waals surface area contributed by atoms with Crippen LogP contribution < -0.4 is 0 Å². The molecule has 4 fully saturated rings. The third kappa shape index (κ3) is 2.05. The first kappa shape index (κ1) is 16.5. The van der Waals surface area contributed by atoms with Gasteiger partial charge in [-0.3, -0.25) is 0 Å². The summed E-state index contributed by atoms with van der Waals surface area (Å²) in [6.07, 6.45) is 15.2. The first-order valence-electron chi connectivity index (χ1n) is 9.78. The van der Waals surface area contributed by atoms with Crippen molar-refractivity contribution < 1.29 is 10.3 Å². The highest BCUT2D eigenvalue weighted by atomic mass is 16.4. The fourth-order valence-electron chi connectivity index (χ4n) is 7.33. The van der Waals surface area contributed by atoms with Crippen molar-refractivity contribution >= 4 is 5.71 Å². The van der Waals surface area contributed by atoms with Gasteiger partial charge in [-0.1, -0.05) is 24.9 Å². The summed E-state index contributed by atoms with van der Waals surface area (Å²) in [4.78, 5) is 0. The number of nitrogens with zero attached hydrogens (tertiary/aromatic N) is 1. The van der Waals surface area contributed by atoms with Gasteiger partial charge in [-0.05, 0) is 86.9 Å². The molecule has 3 heteroatoms. The molecule has 0 aromatic rings. The third-order valence-electron chi connectivity index (χ3n) is 8.86. The monoisotopic (exact) mass is 329 g/mol. The van der Waals surface area contributed by atoms with Crippen molar-refractivity contribution in [1.82, 2.24) is 0 Å². The van der Waals surface area contributed by atoms with E-state index < -0.39 is 5.60 Å². The van der Waals surface area contributed by atoms with E-state index in [4.69, 9.17) is 6.42 Å². The molecule has 2 unspecified atom stereocenters. The molecule has 4 aliphatic rings. The predicted octanol–water partition coefficient (Wildman–Crippen LogP) is 4.22. The highest BCUT2D eigenvalue weighted by Gasteiger charge is 2.60. The second-order valence-electron chi connectivity index (χ2n) is 9.58. The lowest BCUT2D eigenvalue weighted by atomic mass is 9.44. The van der Waals surface area contributed by atoms with Crippen LogP contribution in [0.15, 0.2) is 5.16 Å². The second kappa shape index (κ2) is 5.24. The molecule has 3 nitrogen and oxygen atoms in total. The molecule has 0 saturated heterocycles. The first-order chi connectivity index (χ1) is 11.4. The van der Waals surface area contributed by atoms with Gasteiger partial charge in [0.15, 0.2) is 0 Å². The van der Waals surface area contributed by atoms with E-state index in [0.717, 1.165) is 49.7 Å². The average molecular weight is 329 g/mol. The van der Waals surface area contributed by atoms with Gasteiger partial charge in [0.25, 0.3) is 0 Å². The Morgan fingerprint density at radius 3 is 2.58 bits per heavy atom. The second-order valence-corrected chi connectivity index (χ2v) is 9.58. The van der Waals surface area contributed by atoms with Crippen LogP contribution in [0.4, 0.5) is 0 Å². The highest BCUT2D eigenvalue weighted by Crippen LogP contribution is 2.66. The maximum Gasteiger partial charge on any atom is 0.125 e. The third-order valence-corrected chi connectivity index (χ3v) is 8.86. The van der Waals surface area contributed by atoms with Crippen LogP contribution in [-0.2, 0) is 0 Å². The van der Waals surface area contributed by atoms with Crippen LogP contribution in [0.5, 0.6) is 0 Å². The maximum absolute atomic E-state index is 10.6. The minimum atomic E-state index is -0.871. The number of hydrogen-bond acceptors (Lipinski definition) is 3. The Kier molecular flexibility index (Phi) is 3.59. The van der Waals surface area contributed by atoms with Gasteiger partial charge in [0.05, 0.1) is 5.71 Å². The summed E-state index contributed by atoms with van der Waals surface area (Å²) in [6, 6.07) is 0. The molecule has 0 bridgehead atoms. The number of rotatable bonds is 0. The van der Waals surface area contributed by atoms with E-state index in [1.807, 2.05) is 0 Å². The maximum atomic E-state index is 10.6. The summed E-state index contributed by atoms with van der Waals surface area (Å²) in [5.41, 5.74) is 0.618. The molecule has 0 aromatic carbocycles. The Morgan fingerprint density at radius 1 is 1.08 bits per heavy atom. The number of aliphatic hydroxyl groups is 1. The highest BCUT2D eigenvalue weighted by molar-refractivity contribution is 5.91. The van der Waals surface area contributed by atoms with Gasteiger partial charge >= 0.3 is 0 Å². The minimum absolute atomic E-state index is 0.118. The molecule has 0 aliphatic heterocycles. The smallest absolute Gasteiger partial charge is 0.125 e. The largest absolute Gasteiger partial charge is 0.411 e. The van der Waals surface area contributed by atoms with E-state index in [9.17, 15) is 10.3 Å². The molecular weight excluding hydrogens is 298 g/mol. The molecule has 0 heterocycles. The van der Waals surface area contributed by atoms with E-state index in [0.29, 0.717) is 17.3 Å². The summed E-state index contributed by atoms with van der Waals surface area (Å²) < 4.78 is 0. The topological polar surface area (TPSA) is 52.8 Å². The van der Waals surface area contributed by atoms with Gasteiger partial charge in [0.1, 0.15) is 5.60 Å². The number of fused-ring (bicyclic) bond motifs is 5. The van der Waals surface area contributed by atoms with E-state index in [1.54, 1.807) is 0 Å². The Bertz CT molecular complexity index is 607. The molecule has 0 radical (unpaired) electrons. The molecule has 4 saturated carbocycles. The molecule has 0 aromatic heterocycles. The van der Waals surface area contributed by atoms with Gasteiger partial charge in [-0.25, -0.2) is 0 Å². The lowest BCUT2D eigenvalue weighted by Crippen LogP contribution is -2.55. The minimum Gasteiger partial charge on any atom is -0.411 e. The zero-order valence-corrected chi connectivity index (χ0v) is 15.1. The zero-order chi connectivity index (χ0) is 17.2. The molecule has 0 spiro atoms. The summed E-state index contributed by atoms with van der Waals surface area (Å²) in [5, 5.41) is 23.7. The van der Waals surface area contributed by atoms with Crippen molar-refractivity contribution in [2.45, 2.75) is 77.2 Å². The van der Waals surface area contributed by atoms with Crippen molar-refractivity contribution in [2.75, 3.05) is 0 Å².